The van der Waals surface area contributed by atoms with Crippen molar-refractivity contribution in [1.82, 2.24) is 0 Å². The average molecular weight is 268 g/mol. The van der Waals surface area contributed by atoms with E-state index >= 15 is 0 Å². The number of hydrogen-bond donors (Lipinski definition) is 3. The third kappa shape index (κ3) is 4.87. The molecule has 0 aliphatic rings. The van der Waals surface area contributed by atoms with Crippen molar-refractivity contribution >= 4 is 29.1 Å². The van der Waals surface area contributed by atoms with E-state index < -0.39 is 5.97 Å². The third-order valence-corrected chi connectivity index (χ3v) is 3.34. The van der Waals surface area contributed by atoms with Crippen molar-refractivity contribution in [2.24, 2.45) is 0 Å². The van der Waals surface area contributed by atoms with E-state index in [0.717, 1.165) is 13.0 Å². The van der Waals surface area contributed by atoms with Crippen LogP contribution in [0.15, 0.2) is 18.2 Å². The van der Waals surface area contributed by atoms with Gasteiger partial charge in [-0.25, -0.2) is 4.79 Å². The molecule has 5 heteroatoms. The lowest BCUT2D eigenvalue weighted by atomic mass is 10.1. The maximum absolute atomic E-state index is 10.8. The first kappa shape index (κ1) is 14.7. The molecule has 1 aromatic rings. The number of carboxylic acids is 1. The van der Waals surface area contributed by atoms with Gasteiger partial charge in [0.05, 0.1) is 16.9 Å². The lowest BCUT2D eigenvalue weighted by Crippen LogP contribution is -2.06. The highest BCUT2D eigenvalue weighted by Crippen LogP contribution is 2.20. The van der Waals surface area contributed by atoms with Crippen molar-refractivity contribution in [1.29, 1.82) is 0 Å². The Hall–Kier alpha value is -1.36. The summed E-state index contributed by atoms with van der Waals surface area (Å²) in [6.45, 7) is 0.821. The summed E-state index contributed by atoms with van der Waals surface area (Å²) in [6, 6.07) is 4.72. The number of carbonyl (C=O) groups is 1. The average Bonchev–Trinajstić information content (AvgIpc) is 2.35. The van der Waals surface area contributed by atoms with Crippen LogP contribution in [0.4, 0.5) is 11.4 Å². The molecule has 0 fully saturated rings. The van der Waals surface area contributed by atoms with E-state index in [9.17, 15) is 4.79 Å². The van der Waals surface area contributed by atoms with Crippen LogP contribution in [0.3, 0.4) is 0 Å². The van der Waals surface area contributed by atoms with Crippen LogP contribution in [0, 0.1) is 0 Å². The van der Waals surface area contributed by atoms with Gasteiger partial charge in [-0.15, -0.1) is 0 Å². The summed E-state index contributed by atoms with van der Waals surface area (Å²) in [7, 11) is 0. The van der Waals surface area contributed by atoms with Gasteiger partial charge in [0, 0.05) is 6.54 Å². The maximum atomic E-state index is 10.8. The molecule has 0 heterocycles. The van der Waals surface area contributed by atoms with Crippen LogP contribution < -0.4 is 11.1 Å². The number of carboxylic acid groups (broad SMARTS) is 1. The van der Waals surface area contributed by atoms with Crippen molar-refractivity contribution in [3.8, 4) is 0 Å². The fourth-order valence-corrected chi connectivity index (χ4v) is 2.11. The number of anilines is 2. The molecule has 1 aromatic carbocycles. The highest BCUT2D eigenvalue weighted by atomic mass is 32.2. The number of nitrogen functional groups attached to an aromatic ring is 1. The predicted molar refractivity (Wildman–Crippen MR) is 78.5 cm³/mol. The first-order valence-corrected chi connectivity index (χ1v) is 7.40. The van der Waals surface area contributed by atoms with Crippen molar-refractivity contribution in [3.63, 3.8) is 0 Å². The van der Waals surface area contributed by atoms with Gasteiger partial charge in [0.2, 0.25) is 0 Å². The third-order valence-electron chi connectivity index (χ3n) is 2.64. The van der Waals surface area contributed by atoms with Crippen LogP contribution >= 0.6 is 11.8 Å². The second kappa shape index (κ2) is 7.87. The lowest BCUT2D eigenvalue weighted by Gasteiger charge is -2.10. The Morgan fingerprint density at radius 2 is 2.17 bits per heavy atom. The number of thioether (sulfide) groups is 1. The quantitative estimate of drug-likeness (QED) is 0.499. The minimum absolute atomic E-state index is 0.258. The number of benzene rings is 1. The zero-order chi connectivity index (χ0) is 13.4. The van der Waals surface area contributed by atoms with Gasteiger partial charge in [0.15, 0.2) is 0 Å². The Morgan fingerprint density at radius 1 is 1.39 bits per heavy atom. The van der Waals surface area contributed by atoms with Crippen molar-refractivity contribution in [2.45, 2.75) is 19.3 Å². The van der Waals surface area contributed by atoms with Crippen LogP contribution in [-0.2, 0) is 0 Å². The number of hydrogen-bond acceptors (Lipinski definition) is 4. The van der Waals surface area contributed by atoms with E-state index in [-0.39, 0.29) is 5.56 Å². The fraction of sp³-hybridized carbons (Fsp3) is 0.462. The Kier molecular flexibility index (Phi) is 6.43. The molecule has 100 valence electrons. The lowest BCUT2D eigenvalue weighted by molar-refractivity contribution is 0.0697. The van der Waals surface area contributed by atoms with Crippen molar-refractivity contribution < 1.29 is 9.90 Å². The molecule has 18 heavy (non-hydrogen) atoms. The van der Waals surface area contributed by atoms with Crippen molar-refractivity contribution in [3.05, 3.63) is 23.8 Å². The molecule has 1 rings (SSSR count). The van der Waals surface area contributed by atoms with Crippen LogP contribution in [0.5, 0.6) is 0 Å². The molecule has 0 bridgehead atoms. The Balaban J connectivity index is 2.41. The SMILES string of the molecule is CSCCCCCNc1cc(C(=O)O)ccc1N. The maximum Gasteiger partial charge on any atom is 0.335 e. The van der Waals surface area contributed by atoms with Gasteiger partial charge in [-0.1, -0.05) is 6.42 Å². The number of nitrogens with two attached hydrogens (primary N) is 1. The summed E-state index contributed by atoms with van der Waals surface area (Å²) in [5.41, 5.74) is 7.35. The van der Waals surface area contributed by atoms with E-state index in [1.165, 1.54) is 24.7 Å². The Morgan fingerprint density at radius 3 is 2.83 bits per heavy atom. The van der Waals surface area contributed by atoms with E-state index in [0.29, 0.717) is 11.4 Å². The van der Waals surface area contributed by atoms with E-state index in [2.05, 4.69) is 11.6 Å². The summed E-state index contributed by atoms with van der Waals surface area (Å²) in [5, 5.41) is 12.1. The molecule has 4 nitrogen and oxygen atoms in total. The Bertz CT molecular complexity index is 397. The molecule has 0 aliphatic carbocycles. The Labute approximate surface area is 112 Å². The first-order valence-electron chi connectivity index (χ1n) is 6.00. The first-order chi connectivity index (χ1) is 8.65. The highest BCUT2D eigenvalue weighted by molar-refractivity contribution is 7.98. The molecule has 0 spiro atoms. The zero-order valence-electron chi connectivity index (χ0n) is 10.6. The highest BCUT2D eigenvalue weighted by Gasteiger charge is 2.05. The number of unbranched alkanes of at least 4 members (excludes halogenated alkanes) is 2. The number of nitrogens with one attached hydrogen (secondary N) is 1. The fourth-order valence-electron chi connectivity index (χ4n) is 1.61. The van der Waals surface area contributed by atoms with E-state index in [4.69, 9.17) is 10.8 Å². The minimum Gasteiger partial charge on any atom is -0.478 e. The standard InChI is InChI=1S/C13H20N2O2S/c1-18-8-4-2-3-7-15-12-9-10(13(16)17)5-6-11(12)14/h5-6,9,15H,2-4,7-8,14H2,1H3,(H,16,17). The monoisotopic (exact) mass is 268 g/mol. The summed E-state index contributed by atoms with van der Waals surface area (Å²) in [5.74, 6) is 0.259. The predicted octanol–water partition coefficient (Wildman–Crippen LogP) is 2.91. The van der Waals surface area contributed by atoms with Gasteiger partial charge < -0.3 is 16.2 Å². The van der Waals surface area contributed by atoms with Gasteiger partial charge in [0.25, 0.3) is 0 Å². The summed E-state index contributed by atoms with van der Waals surface area (Å²) in [6.07, 6.45) is 5.56. The normalized spacial score (nSPS) is 10.3. The molecule has 0 saturated heterocycles. The molecule has 0 aromatic heterocycles. The molecular formula is C13H20N2O2S. The minimum atomic E-state index is -0.932. The van der Waals surface area contributed by atoms with E-state index in [1.807, 2.05) is 11.8 Å². The molecule has 0 radical (unpaired) electrons. The molecule has 4 N–H and O–H groups in total. The van der Waals surface area contributed by atoms with Gasteiger partial charge in [-0.3, -0.25) is 0 Å². The second-order valence-corrected chi connectivity index (χ2v) is 5.07. The van der Waals surface area contributed by atoms with E-state index in [1.54, 1.807) is 12.1 Å². The molecule has 0 amide bonds. The zero-order valence-corrected chi connectivity index (χ0v) is 11.4. The summed E-state index contributed by atoms with van der Waals surface area (Å²) >= 11 is 1.86. The van der Waals surface area contributed by atoms with Gasteiger partial charge >= 0.3 is 5.97 Å². The number of rotatable bonds is 8. The van der Waals surface area contributed by atoms with Crippen molar-refractivity contribution in [2.75, 3.05) is 29.6 Å². The topological polar surface area (TPSA) is 75.3 Å². The van der Waals surface area contributed by atoms with Crippen LogP contribution in [0.25, 0.3) is 0 Å². The van der Waals surface area contributed by atoms with Gasteiger partial charge in [0.1, 0.15) is 0 Å². The van der Waals surface area contributed by atoms with Crippen LogP contribution in [0.1, 0.15) is 29.6 Å². The smallest absolute Gasteiger partial charge is 0.335 e. The van der Waals surface area contributed by atoms with Crippen LogP contribution in [-0.4, -0.2) is 29.6 Å². The molecular weight excluding hydrogens is 248 g/mol. The van der Waals surface area contributed by atoms with Gasteiger partial charge in [-0.2, -0.15) is 11.8 Å². The molecule has 0 aliphatic heterocycles. The summed E-state index contributed by atoms with van der Waals surface area (Å²) in [4.78, 5) is 10.8. The van der Waals surface area contributed by atoms with Gasteiger partial charge in [-0.05, 0) is 43.0 Å². The largest absolute Gasteiger partial charge is 0.478 e. The second-order valence-electron chi connectivity index (χ2n) is 4.09. The molecule has 0 atom stereocenters. The molecule has 0 unspecified atom stereocenters. The van der Waals surface area contributed by atoms with Crippen LogP contribution in [0.2, 0.25) is 0 Å². The molecule has 0 saturated carbocycles. The number of aromatic carboxylic acids is 1. The summed E-state index contributed by atoms with van der Waals surface area (Å²) < 4.78 is 0.